The van der Waals surface area contributed by atoms with Crippen LogP contribution < -0.4 is 5.01 Å². The van der Waals surface area contributed by atoms with Crippen LogP contribution in [-0.4, -0.2) is 22.0 Å². The summed E-state index contributed by atoms with van der Waals surface area (Å²) < 4.78 is 7.01. The molecule has 4 aromatic rings. The molecule has 0 unspecified atom stereocenters. The van der Waals surface area contributed by atoms with Crippen LogP contribution in [0.5, 0.6) is 0 Å². The Morgan fingerprint density at radius 1 is 1.24 bits per heavy atom. The number of hydrogen-bond acceptors (Lipinski definition) is 7. The number of furan rings is 1. The van der Waals surface area contributed by atoms with E-state index >= 15 is 0 Å². The standard InChI is InChI=1S/C19H11BrN4O4S/c20-13-5-8-16-17(10-13)29-19(22-16)23(21-11-15-2-1-9-28-15)18(25)12-3-6-14(7-4-12)24(26)27/h1-11H/b21-11+. The zero-order chi connectivity index (χ0) is 20.4. The normalized spacial score (nSPS) is 11.2. The summed E-state index contributed by atoms with van der Waals surface area (Å²) in [5.41, 5.74) is 0.868. The van der Waals surface area contributed by atoms with Crippen LogP contribution in [0.15, 0.2) is 74.9 Å². The van der Waals surface area contributed by atoms with Gasteiger partial charge in [-0.25, -0.2) is 4.98 Å². The van der Waals surface area contributed by atoms with Gasteiger partial charge >= 0.3 is 0 Å². The first kappa shape index (κ1) is 19.0. The van der Waals surface area contributed by atoms with Crippen LogP contribution in [0.4, 0.5) is 10.8 Å². The number of amides is 1. The van der Waals surface area contributed by atoms with Crippen LogP contribution in [-0.2, 0) is 0 Å². The van der Waals surface area contributed by atoms with E-state index in [9.17, 15) is 14.9 Å². The molecule has 2 aromatic carbocycles. The topological polar surface area (TPSA) is 102 Å². The molecule has 0 aliphatic carbocycles. The number of nitro benzene ring substituents is 1. The number of hydrogen-bond donors (Lipinski definition) is 0. The van der Waals surface area contributed by atoms with Gasteiger partial charge in [-0.05, 0) is 42.5 Å². The van der Waals surface area contributed by atoms with Crippen LogP contribution in [0, 0.1) is 10.1 Å². The Bertz CT molecular complexity index is 1220. The van der Waals surface area contributed by atoms with Crippen molar-refractivity contribution in [3.8, 4) is 0 Å². The highest BCUT2D eigenvalue weighted by Crippen LogP contribution is 2.32. The Hall–Kier alpha value is -3.37. The first-order chi connectivity index (χ1) is 14.0. The number of halogens is 1. The number of anilines is 1. The van der Waals surface area contributed by atoms with Gasteiger partial charge < -0.3 is 4.42 Å². The van der Waals surface area contributed by atoms with Crippen molar-refractivity contribution in [1.29, 1.82) is 0 Å². The summed E-state index contributed by atoms with van der Waals surface area (Å²) in [5, 5.41) is 16.6. The summed E-state index contributed by atoms with van der Waals surface area (Å²) in [7, 11) is 0. The highest BCUT2D eigenvalue weighted by Gasteiger charge is 2.22. The molecule has 8 nitrogen and oxygen atoms in total. The number of non-ortho nitro benzene ring substituents is 1. The van der Waals surface area contributed by atoms with Crippen molar-refractivity contribution >= 4 is 60.4 Å². The summed E-state index contributed by atoms with van der Waals surface area (Å²) in [6.45, 7) is 0. The molecule has 0 aliphatic rings. The minimum atomic E-state index is -0.521. The number of hydrazone groups is 1. The fraction of sp³-hybridized carbons (Fsp3) is 0. The van der Waals surface area contributed by atoms with E-state index in [1.807, 2.05) is 18.2 Å². The van der Waals surface area contributed by atoms with Crippen molar-refractivity contribution in [3.63, 3.8) is 0 Å². The number of carbonyl (C=O) groups is 1. The number of nitrogens with zero attached hydrogens (tertiary/aromatic N) is 4. The van der Waals surface area contributed by atoms with Gasteiger partial charge in [-0.2, -0.15) is 10.1 Å². The molecular weight excluding hydrogens is 460 g/mol. The van der Waals surface area contributed by atoms with E-state index in [-0.39, 0.29) is 11.3 Å². The Balaban J connectivity index is 1.74. The zero-order valence-corrected chi connectivity index (χ0v) is 17.0. The van der Waals surface area contributed by atoms with Gasteiger partial charge in [-0.15, -0.1) is 0 Å². The van der Waals surface area contributed by atoms with Crippen LogP contribution in [0.2, 0.25) is 0 Å². The van der Waals surface area contributed by atoms with Gasteiger partial charge in [-0.1, -0.05) is 27.3 Å². The number of benzene rings is 2. The molecule has 0 radical (unpaired) electrons. The Morgan fingerprint density at radius 2 is 2.03 bits per heavy atom. The number of thiazole rings is 1. The lowest BCUT2D eigenvalue weighted by Crippen LogP contribution is -2.25. The largest absolute Gasteiger partial charge is 0.463 e. The Kier molecular flexibility index (Phi) is 5.19. The van der Waals surface area contributed by atoms with E-state index in [0.29, 0.717) is 10.9 Å². The fourth-order valence-corrected chi connectivity index (χ4v) is 3.97. The molecule has 144 valence electrons. The molecule has 0 N–H and O–H groups in total. The maximum Gasteiger partial charge on any atom is 0.280 e. The van der Waals surface area contributed by atoms with Gasteiger partial charge in [0.2, 0.25) is 5.13 Å². The minimum Gasteiger partial charge on any atom is -0.463 e. The average Bonchev–Trinajstić information content (AvgIpc) is 3.37. The van der Waals surface area contributed by atoms with Crippen molar-refractivity contribution < 1.29 is 14.1 Å². The quantitative estimate of drug-likeness (QED) is 0.225. The van der Waals surface area contributed by atoms with Gasteiger partial charge in [0.1, 0.15) is 5.76 Å². The van der Waals surface area contributed by atoms with Gasteiger partial charge in [0.15, 0.2) is 0 Å². The molecule has 1 amide bonds. The first-order valence-corrected chi connectivity index (χ1v) is 9.85. The average molecular weight is 471 g/mol. The summed E-state index contributed by atoms with van der Waals surface area (Å²) in [5.74, 6) is -0.00354. The summed E-state index contributed by atoms with van der Waals surface area (Å²) in [6.07, 6.45) is 2.91. The van der Waals surface area contributed by atoms with Crippen molar-refractivity contribution in [1.82, 2.24) is 4.98 Å². The number of nitro groups is 1. The SMILES string of the molecule is O=C(c1ccc([N+](=O)[O-])cc1)N(/N=C/c1ccco1)c1nc2ccc(Br)cc2s1. The number of carbonyl (C=O) groups excluding carboxylic acids is 1. The molecule has 0 atom stereocenters. The summed E-state index contributed by atoms with van der Waals surface area (Å²) in [6, 6.07) is 14.3. The molecule has 0 aliphatic heterocycles. The molecule has 2 aromatic heterocycles. The number of aromatic nitrogens is 1. The minimum absolute atomic E-state index is 0.1000. The number of rotatable bonds is 5. The third-order valence-electron chi connectivity index (χ3n) is 3.88. The third kappa shape index (κ3) is 4.08. The fourth-order valence-electron chi connectivity index (χ4n) is 2.49. The third-order valence-corrected chi connectivity index (χ3v) is 5.37. The lowest BCUT2D eigenvalue weighted by molar-refractivity contribution is -0.384. The molecule has 0 spiro atoms. The highest BCUT2D eigenvalue weighted by atomic mass is 79.9. The molecule has 2 heterocycles. The molecule has 0 fully saturated rings. The van der Waals surface area contributed by atoms with Gasteiger partial charge in [-0.3, -0.25) is 14.9 Å². The van der Waals surface area contributed by atoms with E-state index < -0.39 is 10.8 Å². The Labute approximate surface area is 176 Å². The van der Waals surface area contributed by atoms with Crippen molar-refractivity contribution in [3.05, 3.63) is 86.8 Å². The van der Waals surface area contributed by atoms with E-state index in [1.165, 1.54) is 48.1 Å². The van der Waals surface area contributed by atoms with Crippen LogP contribution in [0.1, 0.15) is 16.1 Å². The van der Waals surface area contributed by atoms with Crippen LogP contribution in [0.25, 0.3) is 10.2 Å². The second-order valence-electron chi connectivity index (χ2n) is 5.79. The van der Waals surface area contributed by atoms with Gasteiger partial charge in [0, 0.05) is 22.2 Å². The number of fused-ring (bicyclic) bond motifs is 1. The summed E-state index contributed by atoms with van der Waals surface area (Å²) in [4.78, 5) is 27.9. The molecule has 0 saturated heterocycles. The van der Waals surface area contributed by atoms with Gasteiger partial charge in [0.05, 0.1) is 27.6 Å². The maximum absolute atomic E-state index is 13.1. The second-order valence-corrected chi connectivity index (χ2v) is 7.71. The lowest BCUT2D eigenvalue weighted by Gasteiger charge is -2.13. The predicted molar refractivity (Wildman–Crippen MR) is 114 cm³/mol. The molecule has 0 bridgehead atoms. The van der Waals surface area contributed by atoms with E-state index in [1.54, 1.807) is 12.1 Å². The van der Waals surface area contributed by atoms with Crippen molar-refractivity contribution in [2.75, 3.05) is 5.01 Å². The van der Waals surface area contributed by atoms with Crippen molar-refractivity contribution in [2.45, 2.75) is 0 Å². The van der Waals surface area contributed by atoms with E-state index in [2.05, 4.69) is 26.0 Å². The lowest BCUT2D eigenvalue weighted by atomic mass is 10.2. The molecular formula is C19H11BrN4O4S. The van der Waals surface area contributed by atoms with Crippen LogP contribution in [0.3, 0.4) is 0 Å². The van der Waals surface area contributed by atoms with E-state index in [4.69, 9.17) is 4.42 Å². The molecule has 10 heteroatoms. The monoisotopic (exact) mass is 470 g/mol. The smallest absolute Gasteiger partial charge is 0.280 e. The first-order valence-electron chi connectivity index (χ1n) is 8.24. The molecule has 0 saturated carbocycles. The molecule has 29 heavy (non-hydrogen) atoms. The van der Waals surface area contributed by atoms with Crippen molar-refractivity contribution in [2.24, 2.45) is 5.10 Å². The van der Waals surface area contributed by atoms with E-state index in [0.717, 1.165) is 19.7 Å². The zero-order valence-electron chi connectivity index (χ0n) is 14.6. The van der Waals surface area contributed by atoms with Crippen LogP contribution >= 0.6 is 27.3 Å². The molecule has 4 rings (SSSR count). The summed E-state index contributed by atoms with van der Waals surface area (Å²) >= 11 is 4.72. The van der Waals surface area contributed by atoms with Gasteiger partial charge in [0.25, 0.3) is 11.6 Å². The predicted octanol–water partition coefficient (Wildman–Crippen LogP) is 5.24. The maximum atomic E-state index is 13.1. The Morgan fingerprint density at radius 3 is 2.72 bits per heavy atom. The second kappa shape index (κ2) is 7.94. The highest BCUT2D eigenvalue weighted by molar-refractivity contribution is 9.10.